The lowest BCUT2D eigenvalue weighted by Gasteiger charge is -2.24. The first-order valence-corrected chi connectivity index (χ1v) is 11.7. The SMILES string of the molecule is CCCCC(=O)Nc1cc(N2CCCNCC2)ccc1S(=O)(=O)c1ccccc1. The Labute approximate surface area is 173 Å². The number of nitrogens with zero attached hydrogens (tertiary/aromatic N) is 1. The zero-order valence-electron chi connectivity index (χ0n) is 16.9. The Morgan fingerprint density at radius 2 is 1.90 bits per heavy atom. The van der Waals surface area contributed by atoms with Crippen LogP contribution in [-0.4, -0.2) is 40.5 Å². The minimum Gasteiger partial charge on any atom is -0.370 e. The van der Waals surface area contributed by atoms with E-state index in [2.05, 4.69) is 15.5 Å². The highest BCUT2D eigenvalue weighted by molar-refractivity contribution is 7.91. The van der Waals surface area contributed by atoms with Crippen LogP contribution in [0.1, 0.15) is 32.6 Å². The fourth-order valence-corrected chi connectivity index (χ4v) is 4.84. The Kier molecular flexibility index (Phi) is 7.28. The van der Waals surface area contributed by atoms with Crippen LogP contribution in [0.5, 0.6) is 0 Å². The highest BCUT2D eigenvalue weighted by atomic mass is 32.2. The maximum atomic E-state index is 13.2. The standard InChI is InChI=1S/C22H29N3O3S/c1-2-3-10-22(26)24-20-17-18(25-15-7-13-23-14-16-25)11-12-21(20)29(27,28)19-8-5-4-6-9-19/h4-6,8-9,11-12,17,23H,2-3,7,10,13-16H2,1H3,(H,24,26). The molecule has 3 rings (SSSR count). The van der Waals surface area contributed by atoms with E-state index in [1.165, 1.54) is 0 Å². The van der Waals surface area contributed by atoms with Gasteiger partial charge in [-0.3, -0.25) is 4.79 Å². The molecule has 1 heterocycles. The lowest BCUT2D eigenvalue weighted by atomic mass is 10.2. The molecule has 1 aliphatic rings. The van der Waals surface area contributed by atoms with Gasteiger partial charge in [0.15, 0.2) is 0 Å². The van der Waals surface area contributed by atoms with E-state index in [-0.39, 0.29) is 15.7 Å². The second-order valence-electron chi connectivity index (χ2n) is 7.24. The van der Waals surface area contributed by atoms with Crippen molar-refractivity contribution in [2.24, 2.45) is 0 Å². The summed E-state index contributed by atoms with van der Waals surface area (Å²) in [4.78, 5) is 15.0. The summed E-state index contributed by atoms with van der Waals surface area (Å²) in [5, 5.41) is 6.22. The van der Waals surface area contributed by atoms with Crippen LogP contribution in [0.4, 0.5) is 11.4 Å². The summed E-state index contributed by atoms with van der Waals surface area (Å²) in [5.41, 5.74) is 1.27. The van der Waals surface area contributed by atoms with Gasteiger partial charge in [-0.25, -0.2) is 8.42 Å². The maximum Gasteiger partial charge on any atom is 0.224 e. The summed E-state index contributed by atoms with van der Waals surface area (Å²) in [6.45, 7) is 5.60. The van der Waals surface area contributed by atoms with Gasteiger partial charge in [-0.15, -0.1) is 0 Å². The summed E-state index contributed by atoms with van der Waals surface area (Å²) in [6.07, 6.45) is 3.06. The van der Waals surface area contributed by atoms with E-state index >= 15 is 0 Å². The molecule has 0 unspecified atom stereocenters. The van der Waals surface area contributed by atoms with Crippen molar-refractivity contribution in [3.05, 3.63) is 48.5 Å². The quantitative estimate of drug-likeness (QED) is 0.724. The molecule has 1 fully saturated rings. The summed E-state index contributed by atoms with van der Waals surface area (Å²) in [7, 11) is -3.74. The number of amides is 1. The Hall–Kier alpha value is -2.38. The molecule has 2 aromatic rings. The number of sulfone groups is 1. The number of hydrogen-bond donors (Lipinski definition) is 2. The van der Waals surface area contributed by atoms with Crippen LogP contribution in [0.2, 0.25) is 0 Å². The lowest BCUT2D eigenvalue weighted by Crippen LogP contribution is -2.28. The van der Waals surface area contributed by atoms with Gasteiger partial charge in [0.1, 0.15) is 0 Å². The molecule has 0 bridgehead atoms. The molecule has 0 atom stereocenters. The third-order valence-electron chi connectivity index (χ3n) is 5.04. The van der Waals surface area contributed by atoms with Crippen molar-refractivity contribution >= 4 is 27.1 Å². The van der Waals surface area contributed by atoms with Crippen molar-refractivity contribution in [1.29, 1.82) is 0 Å². The number of carbonyl (C=O) groups excluding carboxylic acids is 1. The fraction of sp³-hybridized carbons (Fsp3) is 0.409. The Morgan fingerprint density at radius 1 is 1.10 bits per heavy atom. The molecule has 0 radical (unpaired) electrons. The van der Waals surface area contributed by atoms with Gasteiger partial charge >= 0.3 is 0 Å². The van der Waals surface area contributed by atoms with Gasteiger partial charge in [0, 0.05) is 31.7 Å². The summed E-state index contributed by atoms with van der Waals surface area (Å²) >= 11 is 0. The van der Waals surface area contributed by atoms with Crippen molar-refractivity contribution in [1.82, 2.24) is 5.32 Å². The topological polar surface area (TPSA) is 78.5 Å². The van der Waals surface area contributed by atoms with Crippen molar-refractivity contribution < 1.29 is 13.2 Å². The van der Waals surface area contributed by atoms with Gasteiger partial charge in [-0.2, -0.15) is 0 Å². The van der Waals surface area contributed by atoms with E-state index in [9.17, 15) is 13.2 Å². The molecule has 1 aliphatic heterocycles. The van der Waals surface area contributed by atoms with Crippen LogP contribution in [0.15, 0.2) is 58.3 Å². The van der Waals surface area contributed by atoms with Crippen LogP contribution in [0.25, 0.3) is 0 Å². The predicted octanol–water partition coefficient (Wildman–Crippen LogP) is 3.45. The van der Waals surface area contributed by atoms with E-state index in [0.29, 0.717) is 12.1 Å². The fourth-order valence-electron chi connectivity index (χ4n) is 3.43. The van der Waals surface area contributed by atoms with Gasteiger partial charge in [0.05, 0.1) is 15.5 Å². The van der Waals surface area contributed by atoms with Crippen molar-refractivity contribution in [2.75, 3.05) is 36.4 Å². The van der Waals surface area contributed by atoms with Crippen LogP contribution in [-0.2, 0) is 14.6 Å². The van der Waals surface area contributed by atoms with Gasteiger partial charge in [0.2, 0.25) is 15.7 Å². The van der Waals surface area contributed by atoms with Gasteiger partial charge < -0.3 is 15.5 Å². The smallest absolute Gasteiger partial charge is 0.224 e. The number of benzene rings is 2. The lowest BCUT2D eigenvalue weighted by molar-refractivity contribution is -0.116. The largest absolute Gasteiger partial charge is 0.370 e. The average Bonchev–Trinajstić information content (AvgIpc) is 3.02. The molecule has 7 heteroatoms. The number of nitrogens with one attached hydrogen (secondary N) is 2. The zero-order chi connectivity index (χ0) is 20.7. The maximum absolute atomic E-state index is 13.2. The minimum atomic E-state index is -3.74. The van der Waals surface area contributed by atoms with Crippen LogP contribution < -0.4 is 15.5 Å². The van der Waals surface area contributed by atoms with Gasteiger partial charge in [-0.1, -0.05) is 31.5 Å². The second kappa shape index (κ2) is 9.89. The number of hydrogen-bond acceptors (Lipinski definition) is 5. The van der Waals surface area contributed by atoms with Crippen molar-refractivity contribution in [3.63, 3.8) is 0 Å². The summed E-state index contributed by atoms with van der Waals surface area (Å²) in [5.74, 6) is -0.161. The third-order valence-corrected chi connectivity index (χ3v) is 6.87. The molecule has 29 heavy (non-hydrogen) atoms. The molecule has 0 spiro atoms. The monoisotopic (exact) mass is 415 g/mol. The van der Waals surface area contributed by atoms with Gasteiger partial charge in [0.25, 0.3) is 0 Å². The first-order chi connectivity index (χ1) is 14.0. The van der Waals surface area contributed by atoms with E-state index < -0.39 is 9.84 Å². The number of unbranched alkanes of at least 4 members (excludes halogenated alkanes) is 1. The van der Waals surface area contributed by atoms with Crippen molar-refractivity contribution in [3.8, 4) is 0 Å². The molecule has 1 amide bonds. The first-order valence-electron chi connectivity index (χ1n) is 10.2. The molecule has 0 saturated carbocycles. The van der Waals surface area contributed by atoms with E-state index in [1.54, 1.807) is 42.5 Å². The molecule has 0 aromatic heterocycles. The Bertz CT molecular complexity index is 922. The number of carbonyl (C=O) groups is 1. The second-order valence-corrected chi connectivity index (χ2v) is 9.16. The highest BCUT2D eigenvalue weighted by Gasteiger charge is 2.23. The number of rotatable bonds is 7. The molecule has 0 aliphatic carbocycles. The molecular formula is C22H29N3O3S. The minimum absolute atomic E-state index is 0.130. The summed E-state index contributed by atoms with van der Waals surface area (Å²) in [6, 6.07) is 13.6. The average molecular weight is 416 g/mol. The normalized spacial score (nSPS) is 15.0. The molecule has 2 N–H and O–H groups in total. The van der Waals surface area contributed by atoms with E-state index in [1.807, 2.05) is 13.0 Å². The molecule has 2 aromatic carbocycles. The van der Waals surface area contributed by atoms with Crippen molar-refractivity contribution in [2.45, 2.75) is 42.4 Å². The van der Waals surface area contributed by atoms with Crippen LogP contribution in [0.3, 0.4) is 0 Å². The van der Waals surface area contributed by atoms with E-state index in [0.717, 1.165) is 51.1 Å². The Morgan fingerprint density at radius 3 is 2.66 bits per heavy atom. The molecule has 6 nitrogen and oxygen atoms in total. The highest BCUT2D eigenvalue weighted by Crippen LogP contribution is 2.32. The molecule has 1 saturated heterocycles. The Balaban J connectivity index is 1.99. The van der Waals surface area contributed by atoms with Crippen LogP contribution >= 0.6 is 0 Å². The zero-order valence-corrected chi connectivity index (χ0v) is 17.7. The first kappa shape index (κ1) is 21.3. The van der Waals surface area contributed by atoms with Crippen LogP contribution in [0, 0.1) is 0 Å². The molecule has 156 valence electrons. The summed E-state index contributed by atoms with van der Waals surface area (Å²) < 4.78 is 26.4. The number of anilines is 2. The molecular weight excluding hydrogens is 386 g/mol. The van der Waals surface area contributed by atoms with E-state index in [4.69, 9.17) is 0 Å². The van der Waals surface area contributed by atoms with Gasteiger partial charge in [-0.05, 0) is 49.7 Å². The predicted molar refractivity (Wildman–Crippen MR) is 116 cm³/mol. The third kappa shape index (κ3) is 5.36.